The second-order valence-electron chi connectivity index (χ2n) is 3.02. The maximum absolute atomic E-state index is 10.5. The lowest BCUT2D eigenvalue weighted by atomic mass is 10.4. The van der Waals surface area contributed by atoms with Gasteiger partial charge in [-0.3, -0.25) is 4.79 Å². The number of methoxy groups -OCH3 is 1. The lowest BCUT2D eigenvalue weighted by Crippen LogP contribution is -2.24. The Morgan fingerprint density at radius 1 is 1.23 bits per heavy atom. The average molecular weight is 190 g/mol. The summed E-state index contributed by atoms with van der Waals surface area (Å²) in [6.07, 6.45) is -0.167. The molecule has 0 amide bonds. The summed E-state index contributed by atoms with van der Waals surface area (Å²) < 4.78 is 15.1. The van der Waals surface area contributed by atoms with Crippen molar-refractivity contribution in [3.63, 3.8) is 0 Å². The van der Waals surface area contributed by atoms with Gasteiger partial charge in [-0.1, -0.05) is 0 Å². The van der Waals surface area contributed by atoms with Gasteiger partial charge in [0.1, 0.15) is 6.10 Å². The maximum atomic E-state index is 10.5. The molecule has 0 N–H and O–H groups in total. The van der Waals surface area contributed by atoms with E-state index < -0.39 is 0 Å². The Hall–Kier alpha value is -0.610. The van der Waals surface area contributed by atoms with E-state index in [1.807, 2.05) is 6.92 Å². The van der Waals surface area contributed by atoms with Crippen LogP contribution in [0.5, 0.6) is 0 Å². The molecular weight excluding hydrogens is 172 g/mol. The van der Waals surface area contributed by atoms with E-state index in [-0.39, 0.29) is 18.2 Å². The Morgan fingerprint density at radius 2 is 1.85 bits per heavy atom. The third-order valence-electron chi connectivity index (χ3n) is 1.38. The molecule has 0 saturated carbocycles. The number of hydrogen-bond acceptors (Lipinski definition) is 4. The molecule has 2 atom stereocenters. The second kappa shape index (κ2) is 6.86. The van der Waals surface area contributed by atoms with Crippen LogP contribution in [-0.4, -0.2) is 38.5 Å². The molecule has 0 heterocycles. The summed E-state index contributed by atoms with van der Waals surface area (Å²) in [5.41, 5.74) is 0. The van der Waals surface area contributed by atoms with Crippen LogP contribution in [0.3, 0.4) is 0 Å². The summed E-state index contributed by atoms with van der Waals surface area (Å²) in [6, 6.07) is 0. The Labute approximate surface area is 79.2 Å². The molecule has 13 heavy (non-hydrogen) atoms. The Bertz CT molecular complexity index is 147. The predicted octanol–water partition coefficient (Wildman–Crippen LogP) is 0.990. The van der Waals surface area contributed by atoms with Gasteiger partial charge in [0, 0.05) is 14.0 Å². The first-order valence-corrected chi connectivity index (χ1v) is 4.34. The molecule has 0 aliphatic carbocycles. The largest absolute Gasteiger partial charge is 0.460 e. The first-order chi connectivity index (χ1) is 6.06. The molecule has 0 aromatic rings. The SMILES string of the molecule is COC[C@H](C)OC[C@@H](C)OC(C)=O. The van der Waals surface area contributed by atoms with Crippen LogP contribution < -0.4 is 0 Å². The summed E-state index contributed by atoms with van der Waals surface area (Å²) in [4.78, 5) is 10.5. The summed E-state index contributed by atoms with van der Waals surface area (Å²) >= 11 is 0. The van der Waals surface area contributed by atoms with Gasteiger partial charge in [-0.25, -0.2) is 0 Å². The molecule has 0 saturated heterocycles. The van der Waals surface area contributed by atoms with E-state index in [4.69, 9.17) is 14.2 Å². The molecule has 4 heteroatoms. The van der Waals surface area contributed by atoms with Crippen molar-refractivity contribution in [3.8, 4) is 0 Å². The van der Waals surface area contributed by atoms with E-state index in [0.717, 1.165) is 0 Å². The fraction of sp³-hybridized carbons (Fsp3) is 0.889. The van der Waals surface area contributed by atoms with E-state index in [2.05, 4.69) is 0 Å². The highest BCUT2D eigenvalue weighted by Crippen LogP contribution is 1.97. The van der Waals surface area contributed by atoms with Crippen molar-refractivity contribution < 1.29 is 19.0 Å². The molecule has 0 spiro atoms. The summed E-state index contributed by atoms with van der Waals surface area (Å²) in [5.74, 6) is -0.282. The zero-order valence-electron chi connectivity index (χ0n) is 8.70. The average Bonchev–Trinajstić information content (AvgIpc) is 2.00. The van der Waals surface area contributed by atoms with Gasteiger partial charge in [-0.2, -0.15) is 0 Å². The quantitative estimate of drug-likeness (QED) is 0.586. The minimum absolute atomic E-state index is 0.0306. The molecule has 0 rings (SSSR count). The molecule has 0 aliphatic heterocycles. The highest BCUT2D eigenvalue weighted by Gasteiger charge is 2.08. The number of carbonyl (C=O) groups is 1. The van der Waals surface area contributed by atoms with Gasteiger partial charge in [0.2, 0.25) is 0 Å². The summed E-state index contributed by atoms with van der Waals surface area (Å²) in [5, 5.41) is 0. The smallest absolute Gasteiger partial charge is 0.302 e. The van der Waals surface area contributed by atoms with Crippen LogP contribution in [0.25, 0.3) is 0 Å². The standard InChI is InChI=1S/C9H18O4/c1-7(5-11-4)12-6-8(2)13-9(3)10/h7-8H,5-6H2,1-4H3/t7-,8+/m0/s1. The Balaban J connectivity index is 3.45. The van der Waals surface area contributed by atoms with Gasteiger partial charge in [0.15, 0.2) is 0 Å². The first-order valence-electron chi connectivity index (χ1n) is 4.34. The van der Waals surface area contributed by atoms with Crippen molar-refractivity contribution in [3.05, 3.63) is 0 Å². The zero-order chi connectivity index (χ0) is 10.3. The van der Waals surface area contributed by atoms with Crippen LogP contribution in [0, 0.1) is 0 Å². The molecule has 0 radical (unpaired) electrons. The third kappa shape index (κ3) is 7.74. The van der Waals surface area contributed by atoms with Gasteiger partial charge in [-0.05, 0) is 13.8 Å². The first kappa shape index (κ1) is 12.4. The predicted molar refractivity (Wildman–Crippen MR) is 48.5 cm³/mol. The fourth-order valence-corrected chi connectivity index (χ4v) is 0.900. The van der Waals surface area contributed by atoms with Crippen molar-refractivity contribution in [2.75, 3.05) is 20.3 Å². The third-order valence-corrected chi connectivity index (χ3v) is 1.38. The van der Waals surface area contributed by atoms with Crippen LogP contribution in [0.1, 0.15) is 20.8 Å². The van der Waals surface area contributed by atoms with Crippen LogP contribution >= 0.6 is 0 Å². The number of ether oxygens (including phenoxy) is 3. The van der Waals surface area contributed by atoms with E-state index in [0.29, 0.717) is 13.2 Å². The van der Waals surface area contributed by atoms with Crippen molar-refractivity contribution in [1.29, 1.82) is 0 Å². The van der Waals surface area contributed by atoms with Crippen LogP contribution in [0.4, 0.5) is 0 Å². The van der Waals surface area contributed by atoms with Crippen molar-refractivity contribution >= 4 is 5.97 Å². The molecular formula is C9H18O4. The maximum Gasteiger partial charge on any atom is 0.302 e. The van der Waals surface area contributed by atoms with Crippen LogP contribution in [0.2, 0.25) is 0 Å². The molecule has 4 nitrogen and oxygen atoms in total. The normalized spacial score (nSPS) is 15.1. The van der Waals surface area contributed by atoms with Gasteiger partial charge in [0.05, 0.1) is 19.3 Å². The Kier molecular flexibility index (Phi) is 6.54. The second-order valence-corrected chi connectivity index (χ2v) is 3.02. The monoisotopic (exact) mass is 190 g/mol. The van der Waals surface area contributed by atoms with E-state index in [1.165, 1.54) is 6.92 Å². The zero-order valence-corrected chi connectivity index (χ0v) is 8.70. The highest BCUT2D eigenvalue weighted by atomic mass is 16.6. The van der Waals surface area contributed by atoms with E-state index >= 15 is 0 Å². The molecule has 0 fully saturated rings. The highest BCUT2D eigenvalue weighted by molar-refractivity contribution is 5.66. The minimum atomic E-state index is -0.282. The number of esters is 1. The van der Waals surface area contributed by atoms with Crippen LogP contribution in [-0.2, 0) is 19.0 Å². The molecule has 0 aromatic carbocycles. The van der Waals surface area contributed by atoms with Gasteiger partial charge >= 0.3 is 5.97 Å². The van der Waals surface area contributed by atoms with Crippen molar-refractivity contribution in [2.24, 2.45) is 0 Å². The molecule has 78 valence electrons. The Morgan fingerprint density at radius 3 is 2.31 bits per heavy atom. The number of rotatable bonds is 6. The summed E-state index contributed by atoms with van der Waals surface area (Å²) in [6.45, 7) is 6.04. The topological polar surface area (TPSA) is 44.8 Å². The molecule has 0 bridgehead atoms. The van der Waals surface area contributed by atoms with E-state index in [9.17, 15) is 4.79 Å². The van der Waals surface area contributed by atoms with Crippen LogP contribution in [0.15, 0.2) is 0 Å². The lowest BCUT2D eigenvalue weighted by Gasteiger charge is -2.16. The van der Waals surface area contributed by atoms with Crippen molar-refractivity contribution in [2.45, 2.75) is 33.0 Å². The fourth-order valence-electron chi connectivity index (χ4n) is 0.900. The molecule has 0 aromatic heterocycles. The van der Waals surface area contributed by atoms with Crippen molar-refractivity contribution in [1.82, 2.24) is 0 Å². The summed E-state index contributed by atoms with van der Waals surface area (Å²) in [7, 11) is 1.62. The number of hydrogen-bond donors (Lipinski definition) is 0. The molecule has 0 unspecified atom stereocenters. The van der Waals surface area contributed by atoms with Gasteiger partial charge in [-0.15, -0.1) is 0 Å². The molecule has 0 aliphatic rings. The van der Waals surface area contributed by atoms with Gasteiger partial charge in [0.25, 0.3) is 0 Å². The van der Waals surface area contributed by atoms with Gasteiger partial charge < -0.3 is 14.2 Å². The lowest BCUT2D eigenvalue weighted by molar-refractivity contribution is -0.149. The number of carbonyl (C=O) groups excluding carboxylic acids is 1. The van der Waals surface area contributed by atoms with E-state index in [1.54, 1.807) is 14.0 Å². The minimum Gasteiger partial charge on any atom is -0.460 e.